The molecule has 2 aromatic carbocycles. The molecule has 0 bridgehead atoms. The summed E-state index contributed by atoms with van der Waals surface area (Å²) >= 11 is 0. The fourth-order valence-electron chi connectivity index (χ4n) is 1.80. The molecule has 0 atom stereocenters. The molecular formula is C13H13FN2O4S2. The third kappa shape index (κ3) is 3.11. The molecule has 6 nitrogen and oxygen atoms in total. The number of nitrogens with two attached hydrogens (primary N) is 1. The van der Waals surface area contributed by atoms with Gasteiger partial charge < -0.3 is 0 Å². The molecule has 0 saturated heterocycles. The van der Waals surface area contributed by atoms with Crippen molar-refractivity contribution in [3.05, 3.63) is 54.3 Å². The lowest BCUT2D eigenvalue weighted by molar-refractivity contribution is 0.588. The first-order chi connectivity index (χ1) is 10.1. The molecule has 2 aromatic rings. The van der Waals surface area contributed by atoms with Crippen molar-refractivity contribution >= 4 is 25.7 Å². The van der Waals surface area contributed by atoms with Crippen LogP contribution < -0.4 is 9.44 Å². The van der Waals surface area contributed by atoms with Gasteiger partial charge in [-0.15, -0.1) is 0 Å². The molecule has 0 aliphatic carbocycles. The highest BCUT2D eigenvalue weighted by molar-refractivity contribution is 7.92. The monoisotopic (exact) mass is 344 g/mol. The zero-order valence-electron chi connectivity index (χ0n) is 11.5. The first-order valence-corrected chi connectivity index (χ1v) is 8.99. The van der Waals surface area contributed by atoms with Crippen LogP contribution in [0, 0.1) is 5.82 Å². The van der Waals surface area contributed by atoms with Crippen LogP contribution in [0.1, 0.15) is 0 Å². The van der Waals surface area contributed by atoms with Crippen molar-refractivity contribution in [3.63, 3.8) is 0 Å². The molecule has 0 aliphatic heterocycles. The number of sulfonamides is 2. The number of rotatable bonds is 4. The van der Waals surface area contributed by atoms with E-state index in [2.05, 4.69) is 0 Å². The summed E-state index contributed by atoms with van der Waals surface area (Å²) in [6, 6.07) is 9.79. The molecule has 0 aliphatic rings. The Kier molecular flexibility index (Phi) is 4.23. The van der Waals surface area contributed by atoms with Gasteiger partial charge in [-0.3, -0.25) is 4.31 Å². The number of hydrogen-bond donors (Lipinski definition) is 1. The van der Waals surface area contributed by atoms with Gasteiger partial charge in [0.25, 0.3) is 10.0 Å². The number of halogens is 1. The summed E-state index contributed by atoms with van der Waals surface area (Å²) in [5.74, 6) is -0.685. The van der Waals surface area contributed by atoms with Gasteiger partial charge in [0.15, 0.2) is 0 Å². The van der Waals surface area contributed by atoms with Gasteiger partial charge in [-0.2, -0.15) is 0 Å². The van der Waals surface area contributed by atoms with E-state index in [1.165, 1.54) is 25.2 Å². The topological polar surface area (TPSA) is 97.5 Å². The second kappa shape index (κ2) is 5.67. The molecule has 0 radical (unpaired) electrons. The largest absolute Gasteiger partial charge is 0.266 e. The van der Waals surface area contributed by atoms with E-state index in [4.69, 9.17) is 5.14 Å². The smallest absolute Gasteiger partial charge is 0.264 e. The molecule has 0 unspecified atom stereocenters. The second-order valence-corrected chi connectivity index (χ2v) is 7.97. The lowest BCUT2D eigenvalue weighted by Crippen LogP contribution is -2.27. The Labute approximate surface area is 128 Å². The zero-order valence-corrected chi connectivity index (χ0v) is 13.1. The summed E-state index contributed by atoms with van der Waals surface area (Å²) in [5, 5.41) is 4.95. The van der Waals surface area contributed by atoms with Gasteiger partial charge in [0.05, 0.1) is 15.5 Å². The molecule has 22 heavy (non-hydrogen) atoms. The molecule has 0 spiro atoms. The van der Waals surface area contributed by atoms with E-state index in [1.807, 2.05) is 0 Å². The van der Waals surface area contributed by atoms with E-state index < -0.39 is 25.9 Å². The van der Waals surface area contributed by atoms with E-state index in [9.17, 15) is 21.2 Å². The SMILES string of the molecule is CN(c1ccccc1F)S(=O)(=O)c1ccc(S(N)(=O)=O)cc1. The summed E-state index contributed by atoms with van der Waals surface area (Å²) in [6.45, 7) is 0. The first kappa shape index (κ1) is 16.4. The molecule has 0 aromatic heterocycles. The van der Waals surface area contributed by atoms with E-state index >= 15 is 0 Å². The van der Waals surface area contributed by atoms with E-state index in [0.29, 0.717) is 0 Å². The first-order valence-electron chi connectivity index (χ1n) is 6.00. The van der Waals surface area contributed by atoms with Crippen molar-refractivity contribution in [2.24, 2.45) is 5.14 Å². The van der Waals surface area contributed by atoms with Gasteiger partial charge in [0, 0.05) is 7.05 Å². The molecule has 0 saturated carbocycles. The molecule has 0 fully saturated rings. The quantitative estimate of drug-likeness (QED) is 0.904. The Balaban J connectivity index is 2.45. The highest BCUT2D eigenvalue weighted by Crippen LogP contribution is 2.25. The van der Waals surface area contributed by atoms with Gasteiger partial charge in [0.2, 0.25) is 10.0 Å². The van der Waals surface area contributed by atoms with Crippen molar-refractivity contribution < 1.29 is 21.2 Å². The Morgan fingerprint density at radius 2 is 1.41 bits per heavy atom. The standard InChI is InChI=1S/C13H13FN2O4S2/c1-16(13-5-3-2-4-12(13)14)22(19,20)11-8-6-10(7-9-11)21(15,17)18/h2-9H,1H3,(H2,15,17,18). The van der Waals surface area contributed by atoms with Crippen LogP contribution in [0.4, 0.5) is 10.1 Å². The number of nitrogens with zero attached hydrogens (tertiary/aromatic N) is 1. The minimum Gasteiger partial charge on any atom is -0.266 e. The van der Waals surface area contributed by atoms with Crippen LogP contribution >= 0.6 is 0 Å². The molecule has 2 rings (SSSR count). The predicted molar refractivity (Wildman–Crippen MR) is 79.8 cm³/mol. The van der Waals surface area contributed by atoms with Crippen LogP contribution in [0.2, 0.25) is 0 Å². The van der Waals surface area contributed by atoms with Crippen LogP contribution in [-0.2, 0) is 20.0 Å². The highest BCUT2D eigenvalue weighted by atomic mass is 32.2. The summed E-state index contributed by atoms with van der Waals surface area (Å²) in [6.07, 6.45) is 0. The van der Waals surface area contributed by atoms with Gasteiger partial charge in [0.1, 0.15) is 5.82 Å². The third-order valence-corrected chi connectivity index (χ3v) is 5.72. The van der Waals surface area contributed by atoms with E-state index in [-0.39, 0.29) is 15.5 Å². The van der Waals surface area contributed by atoms with Gasteiger partial charge in [-0.05, 0) is 36.4 Å². The van der Waals surface area contributed by atoms with Crippen LogP contribution in [-0.4, -0.2) is 23.9 Å². The lowest BCUT2D eigenvalue weighted by atomic mass is 10.3. The predicted octanol–water partition coefficient (Wildman–Crippen LogP) is 1.30. The molecule has 118 valence electrons. The maximum absolute atomic E-state index is 13.7. The number of para-hydroxylation sites is 1. The zero-order chi connectivity index (χ0) is 16.5. The van der Waals surface area contributed by atoms with Crippen LogP contribution in [0.5, 0.6) is 0 Å². The summed E-state index contributed by atoms with van der Waals surface area (Å²) in [4.78, 5) is -0.384. The molecule has 0 heterocycles. The van der Waals surface area contributed by atoms with Crippen molar-refractivity contribution in [1.29, 1.82) is 0 Å². The number of primary sulfonamides is 1. The fraction of sp³-hybridized carbons (Fsp3) is 0.0769. The lowest BCUT2D eigenvalue weighted by Gasteiger charge is -2.20. The van der Waals surface area contributed by atoms with Crippen LogP contribution in [0.25, 0.3) is 0 Å². The maximum Gasteiger partial charge on any atom is 0.264 e. The molecular weight excluding hydrogens is 331 g/mol. The number of hydrogen-bond acceptors (Lipinski definition) is 4. The minimum absolute atomic E-state index is 0.113. The summed E-state index contributed by atoms with van der Waals surface area (Å²) < 4.78 is 61.7. The average Bonchev–Trinajstić information content (AvgIpc) is 2.46. The maximum atomic E-state index is 13.7. The second-order valence-electron chi connectivity index (χ2n) is 4.44. The van der Waals surface area contributed by atoms with Crippen molar-refractivity contribution in [2.45, 2.75) is 9.79 Å². The molecule has 0 amide bonds. The Morgan fingerprint density at radius 1 is 0.909 bits per heavy atom. The average molecular weight is 344 g/mol. The van der Waals surface area contributed by atoms with Gasteiger partial charge >= 0.3 is 0 Å². The van der Waals surface area contributed by atoms with Crippen molar-refractivity contribution in [1.82, 2.24) is 0 Å². The van der Waals surface area contributed by atoms with Crippen LogP contribution in [0.15, 0.2) is 58.3 Å². The fourth-order valence-corrected chi connectivity index (χ4v) is 3.51. The highest BCUT2D eigenvalue weighted by Gasteiger charge is 2.23. The summed E-state index contributed by atoms with van der Waals surface area (Å²) in [7, 11) is -6.72. The van der Waals surface area contributed by atoms with Crippen molar-refractivity contribution in [3.8, 4) is 0 Å². The van der Waals surface area contributed by atoms with Crippen molar-refractivity contribution in [2.75, 3.05) is 11.4 Å². The Bertz CT molecular complexity index is 894. The number of benzene rings is 2. The Morgan fingerprint density at radius 3 is 1.91 bits per heavy atom. The van der Waals surface area contributed by atoms with E-state index in [0.717, 1.165) is 34.6 Å². The third-order valence-electron chi connectivity index (χ3n) is 3.00. The van der Waals surface area contributed by atoms with E-state index in [1.54, 1.807) is 0 Å². The minimum atomic E-state index is -4.02. The number of anilines is 1. The molecule has 2 N–H and O–H groups in total. The molecule has 9 heteroatoms. The van der Waals surface area contributed by atoms with Gasteiger partial charge in [-0.25, -0.2) is 26.4 Å². The van der Waals surface area contributed by atoms with Gasteiger partial charge in [-0.1, -0.05) is 12.1 Å². The normalized spacial score (nSPS) is 12.1. The summed E-state index contributed by atoms with van der Waals surface area (Å²) in [5.41, 5.74) is -0.113. The Hall–Kier alpha value is -1.97. The van der Waals surface area contributed by atoms with Crippen LogP contribution in [0.3, 0.4) is 0 Å².